The lowest BCUT2D eigenvalue weighted by atomic mass is 10.1. The number of hydrogen-bond donors (Lipinski definition) is 2. The number of rotatable bonds is 5. The predicted molar refractivity (Wildman–Crippen MR) is 99.7 cm³/mol. The van der Waals surface area contributed by atoms with Gasteiger partial charge in [0.25, 0.3) is 5.91 Å². The first-order chi connectivity index (χ1) is 12.1. The van der Waals surface area contributed by atoms with Crippen LogP contribution in [0.4, 0.5) is 11.6 Å². The van der Waals surface area contributed by atoms with E-state index < -0.39 is 0 Å². The highest BCUT2D eigenvalue weighted by molar-refractivity contribution is 6.03. The van der Waals surface area contributed by atoms with Crippen molar-refractivity contribution in [1.29, 1.82) is 0 Å². The van der Waals surface area contributed by atoms with Crippen molar-refractivity contribution in [1.82, 2.24) is 9.97 Å². The predicted octanol–water partition coefficient (Wildman–Crippen LogP) is 3.96. The van der Waals surface area contributed by atoms with E-state index in [0.29, 0.717) is 18.2 Å². The van der Waals surface area contributed by atoms with Gasteiger partial charge in [-0.3, -0.25) is 4.79 Å². The zero-order chi connectivity index (χ0) is 17.6. The van der Waals surface area contributed by atoms with Crippen LogP contribution in [0.3, 0.4) is 0 Å². The maximum atomic E-state index is 12.4. The minimum atomic E-state index is -0.258. The Morgan fingerprint density at radius 2 is 1.76 bits per heavy atom. The minimum Gasteiger partial charge on any atom is -0.350 e. The Bertz CT molecular complexity index is 892. The summed E-state index contributed by atoms with van der Waals surface area (Å²) in [5.41, 5.74) is 4.49. The summed E-state index contributed by atoms with van der Waals surface area (Å²) in [6, 6.07) is 17.4. The standard InChI is InChI=1S/C20H20N4O/c1-14-5-3-7-16(11-14)13-22-20-21-10-9-18(24-20)19(25)23-17-8-4-6-15(2)12-17/h3-12H,13H2,1-2H3,(H,23,25)(H,21,22,24). The Labute approximate surface area is 147 Å². The number of anilines is 2. The third-order valence-corrected chi connectivity index (χ3v) is 3.70. The fourth-order valence-electron chi connectivity index (χ4n) is 2.49. The van der Waals surface area contributed by atoms with Gasteiger partial charge in [0.05, 0.1) is 0 Å². The van der Waals surface area contributed by atoms with Crippen LogP contribution in [0.1, 0.15) is 27.2 Å². The lowest BCUT2D eigenvalue weighted by Crippen LogP contribution is -2.15. The topological polar surface area (TPSA) is 66.9 Å². The van der Waals surface area contributed by atoms with Crippen molar-refractivity contribution in [2.75, 3.05) is 10.6 Å². The van der Waals surface area contributed by atoms with E-state index in [1.165, 1.54) is 5.56 Å². The fraction of sp³-hybridized carbons (Fsp3) is 0.150. The van der Waals surface area contributed by atoms with E-state index in [4.69, 9.17) is 0 Å². The number of aromatic nitrogens is 2. The van der Waals surface area contributed by atoms with Crippen LogP contribution < -0.4 is 10.6 Å². The van der Waals surface area contributed by atoms with Gasteiger partial charge >= 0.3 is 0 Å². The van der Waals surface area contributed by atoms with Crippen molar-refractivity contribution in [2.45, 2.75) is 20.4 Å². The number of carbonyl (C=O) groups excluding carboxylic acids is 1. The Kier molecular flexibility index (Phi) is 5.04. The molecule has 0 saturated heterocycles. The molecule has 126 valence electrons. The summed E-state index contributed by atoms with van der Waals surface area (Å²) in [5, 5.41) is 6.00. The number of nitrogens with zero attached hydrogens (tertiary/aromatic N) is 2. The molecule has 3 rings (SSSR count). The van der Waals surface area contributed by atoms with E-state index >= 15 is 0 Å². The van der Waals surface area contributed by atoms with Crippen LogP contribution in [0.25, 0.3) is 0 Å². The van der Waals surface area contributed by atoms with Crippen LogP contribution in [0.2, 0.25) is 0 Å². The van der Waals surface area contributed by atoms with Crippen molar-refractivity contribution in [3.63, 3.8) is 0 Å². The van der Waals surface area contributed by atoms with E-state index in [9.17, 15) is 4.79 Å². The van der Waals surface area contributed by atoms with E-state index in [2.05, 4.69) is 39.7 Å². The monoisotopic (exact) mass is 332 g/mol. The lowest BCUT2D eigenvalue weighted by molar-refractivity contribution is 0.102. The SMILES string of the molecule is Cc1cccc(CNc2nccc(C(=O)Nc3cccc(C)c3)n2)c1. The van der Waals surface area contributed by atoms with Gasteiger partial charge in [-0.05, 0) is 43.2 Å². The maximum Gasteiger partial charge on any atom is 0.274 e. The molecule has 0 fully saturated rings. The summed E-state index contributed by atoms with van der Waals surface area (Å²) in [6.07, 6.45) is 1.58. The summed E-state index contributed by atoms with van der Waals surface area (Å²) in [7, 11) is 0. The van der Waals surface area contributed by atoms with Gasteiger partial charge < -0.3 is 10.6 Å². The van der Waals surface area contributed by atoms with Crippen molar-refractivity contribution in [2.24, 2.45) is 0 Å². The zero-order valence-corrected chi connectivity index (χ0v) is 14.3. The average Bonchev–Trinajstić information content (AvgIpc) is 2.60. The second-order valence-corrected chi connectivity index (χ2v) is 5.93. The third-order valence-electron chi connectivity index (χ3n) is 3.70. The molecular formula is C20H20N4O. The molecule has 0 aliphatic heterocycles. The Hall–Kier alpha value is -3.21. The van der Waals surface area contributed by atoms with Gasteiger partial charge in [-0.25, -0.2) is 9.97 Å². The minimum absolute atomic E-state index is 0.258. The third kappa shape index (κ3) is 4.64. The summed E-state index contributed by atoms with van der Waals surface area (Å²) in [5.74, 6) is 0.171. The highest BCUT2D eigenvalue weighted by Crippen LogP contribution is 2.12. The van der Waals surface area contributed by atoms with Crippen molar-refractivity contribution in [3.05, 3.63) is 83.2 Å². The number of hydrogen-bond acceptors (Lipinski definition) is 4. The quantitative estimate of drug-likeness (QED) is 0.742. The molecule has 25 heavy (non-hydrogen) atoms. The van der Waals surface area contributed by atoms with Gasteiger partial charge in [0, 0.05) is 18.4 Å². The van der Waals surface area contributed by atoms with Gasteiger partial charge in [0.15, 0.2) is 0 Å². The van der Waals surface area contributed by atoms with Gasteiger partial charge in [0.1, 0.15) is 5.69 Å². The lowest BCUT2D eigenvalue weighted by Gasteiger charge is -2.08. The number of aryl methyl sites for hydroxylation is 2. The number of amides is 1. The van der Waals surface area contributed by atoms with Gasteiger partial charge in [-0.2, -0.15) is 0 Å². The highest BCUT2D eigenvalue weighted by atomic mass is 16.1. The molecule has 0 spiro atoms. The van der Waals surface area contributed by atoms with Crippen LogP contribution in [-0.2, 0) is 6.54 Å². The van der Waals surface area contributed by atoms with E-state index in [1.807, 2.05) is 43.3 Å². The first-order valence-corrected chi connectivity index (χ1v) is 8.10. The molecular weight excluding hydrogens is 312 g/mol. The summed E-state index contributed by atoms with van der Waals surface area (Å²) >= 11 is 0. The van der Waals surface area contributed by atoms with Crippen molar-refractivity contribution >= 4 is 17.5 Å². The van der Waals surface area contributed by atoms with Crippen LogP contribution in [-0.4, -0.2) is 15.9 Å². The molecule has 0 atom stereocenters. The average molecular weight is 332 g/mol. The summed E-state index contributed by atoms with van der Waals surface area (Å²) in [4.78, 5) is 20.8. The number of benzene rings is 2. The largest absolute Gasteiger partial charge is 0.350 e. The molecule has 0 aliphatic rings. The van der Waals surface area contributed by atoms with Crippen LogP contribution in [0.15, 0.2) is 60.8 Å². The maximum absolute atomic E-state index is 12.4. The Balaban J connectivity index is 1.67. The Morgan fingerprint density at radius 3 is 2.52 bits per heavy atom. The molecule has 0 bridgehead atoms. The molecule has 2 N–H and O–H groups in total. The molecule has 2 aromatic carbocycles. The molecule has 0 saturated carbocycles. The zero-order valence-electron chi connectivity index (χ0n) is 14.3. The van der Waals surface area contributed by atoms with Crippen molar-refractivity contribution in [3.8, 4) is 0 Å². The molecule has 0 unspecified atom stereocenters. The first-order valence-electron chi connectivity index (χ1n) is 8.10. The van der Waals surface area contributed by atoms with Crippen LogP contribution in [0, 0.1) is 13.8 Å². The number of carbonyl (C=O) groups is 1. The summed E-state index contributed by atoms with van der Waals surface area (Å²) in [6.45, 7) is 4.63. The van der Waals surface area contributed by atoms with Gasteiger partial charge in [-0.15, -0.1) is 0 Å². The smallest absolute Gasteiger partial charge is 0.274 e. The molecule has 5 nitrogen and oxygen atoms in total. The number of nitrogens with one attached hydrogen (secondary N) is 2. The van der Waals surface area contributed by atoms with Crippen LogP contribution in [0.5, 0.6) is 0 Å². The Morgan fingerprint density at radius 1 is 1.00 bits per heavy atom. The van der Waals surface area contributed by atoms with Crippen molar-refractivity contribution < 1.29 is 4.79 Å². The van der Waals surface area contributed by atoms with Gasteiger partial charge in [0.2, 0.25) is 5.95 Å². The second-order valence-electron chi connectivity index (χ2n) is 5.93. The van der Waals surface area contributed by atoms with Crippen LogP contribution >= 0.6 is 0 Å². The molecule has 1 amide bonds. The fourth-order valence-corrected chi connectivity index (χ4v) is 2.49. The second kappa shape index (κ2) is 7.57. The molecule has 1 heterocycles. The molecule has 3 aromatic rings. The molecule has 5 heteroatoms. The van der Waals surface area contributed by atoms with E-state index in [-0.39, 0.29) is 5.91 Å². The first kappa shape index (κ1) is 16.6. The normalized spacial score (nSPS) is 10.3. The highest BCUT2D eigenvalue weighted by Gasteiger charge is 2.09. The van der Waals surface area contributed by atoms with Gasteiger partial charge in [-0.1, -0.05) is 42.0 Å². The van der Waals surface area contributed by atoms with E-state index in [1.54, 1.807) is 12.3 Å². The molecule has 0 radical (unpaired) electrons. The molecule has 0 aliphatic carbocycles. The molecule has 1 aromatic heterocycles. The summed E-state index contributed by atoms with van der Waals surface area (Å²) < 4.78 is 0. The van der Waals surface area contributed by atoms with E-state index in [0.717, 1.165) is 16.8 Å².